The number of para-hydroxylation sites is 1. The van der Waals surface area contributed by atoms with Gasteiger partial charge in [0.2, 0.25) is 0 Å². The first kappa shape index (κ1) is 19.8. The molecule has 0 saturated heterocycles. The summed E-state index contributed by atoms with van der Waals surface area (Å²) in [5, 5.41) is 11.0. The third kappa shape index (κ3) is 3.35. The van der Waals surface area contributed by atoms with Gasteiger partial charge in [-0.15, -0.1) is 0 Å². The highest BCUT2D eigenvalue weighted by Gasteiger charge is 2.40. The van der Waals surface area contributed by atoms with Gasteiger partial charge in [0.05, 0.1) is 21.5 Å². The number of nitrogens with zero attached hydrogens (tertiary/aromatic N) is 2. The number of benzene rings is 3. The van der Waals surface area contributed by atoms with Crippen molar-refractivity contribution in [3.63, 3.8) is 0 Å². The van der Waals surface area contributed by atoms with Gasteiger partial charge in [0.15, 0.2) is 5.78 Å². The SMILES string of the molecule is Cc1ccc(S(=O)(=O)N2c3ccccc3C(=O)CC2c2ccc([N+](=O)[O-])cc2)cc1. The number of anilines is 1. The molecule has 0 N–H and O–H groups in total. The second kappa shape index (κ2) is 7.38. The van der Waals surface area contributed by atoms with Crippen LogP contribution in [0.2, 0.25) is 0 Å². The van der Waals surface area contributed by atoms with E-state index >= 15 is 0 Å². The number of non-ortho nitro benzene ring substituents is 1. The highest BCUT2D eigenvalue weighted by atomic mass is 32.2. The molecule has 0 aliphatic carbocycles. The molecule has 0 saturated carbocycles. The molecule has 3 aromatic carbocycles. The first-order chi connectivity index (χ1) is 14.3. The Morgan fingerprint density at radius 2 is 1.60 bits per heavy atom. The van der Waals surface area contributed by atoms with Crippen LogP contribution in [-0.2, 0) is 10.0 Å². The number of nitro groups is 1. The van der Waals surface area contributed by atoms with Crippen molar-refractivity contribution in [3.8, 4) is 0 Å². The second-order valence-electron chi connectivity index (χ2n) is 7.12. The quantitative estimate of drug-likeness (QED) is 0.458. The molecular weight excluding hydrogens is 404 g/mol. The summed E-state index contributed by atoms with van der Waals surface area (Å²) in [7, 11) is -3.99. The van der Waals surface area contributed by atoms with Gasteiger partial charge in [-0.05, 0) is 36.8 Å². The summed E-state index contributed by atoms with van der Waals surface area (Å²) in [6.45, 7) is 1.87. The fourth-order valence-corrected chi connectivity index (χ4v) is 5.29. The normalized spacial score (nSPS) is 16.2. The van der Waals surface area contributed by atoms with Crippen molar-refractivity contribution in [2.45, 2.75) is 24.3 Å². The minimum absolute atomic E-state index is 0.0556. The molecule has 1 atom stereocenters. The largest absolute Gasteiger partial charge is 0.294 e. The van der Waals surface area contributed by atoms with Crippen LogP contribution in [0, 0.1) is 17.0 Å². The second-order valence-corrected chi connectivity index (χ2v) is 8.94. The number of fused-ring (bicyclic) bond motifs is 1. The Bertz CT molecular complexity index is 1240. The molecule has 152 valence electrons. The van der Waals surface area contributed by atoms with E-state index in [1.807, 2.05) is 6.92 Å². The molecule has 7 nitrogen and oxygen atoms in total. The average molecular weight is 422 g/mol. The van der Waals surface area contributed by atoms with E-state index in [9.17, 15) is 23.3 Å². The number of hydrogen-bond donors (Lipinski definition) is 0. The standard InChI is InChI=1S/C22H18N2O5S/c1-15-6-12-18(13-7-15)30(28,29)23-20-5-3-2-4-19(20)22(25)14-21(23)16-8-10-17(11-9-16)24(26)27/h2-13,21H,14H2,1H3. The maximum absolute atomic E-state index is 13.6. The van der Waals surface area contributed by atoms with E-state index in [4.69, 9.17) is 0 Å². The fraction of sp³-hybridized carbons (Fsp3) is 0.136. The van der Waals surface area contributed by atoms with Crippen LogP contribution in [0.3, 0.4) is 0 Å². The molecule has 0 radical (unpaired) electrons. The van der Waals surface area contributed by atoms with Gasteiger partial charge in [-0.3, -0.25) is 19.2 Å². The van der Waals surface area contributed by atoms with Crippen LogP contribution < -0.4 is 4.31 Å². The zero-order chi connectivity index (χ0) is 21.5. The van der Waals surface area contributed by atoms with Gasteiger partial charge in [-0.2, -0.15) is 0 Å². The van der Waals surface area contributed by atoms with E-state index in [1.165, 1.54) is 40.7 Å². The van der Waals surface area contributed by atoms with Gasteiger partial charge in [0, 0.05) is 24.1 Å². The van der Waals surface area contributed by atoms with E-state index in [0.717, 1.165) is 5.56 Å². The molecule has 30 heavy (non-hydrogen) atoms. The summed E-state index contributed by atoms with van der Waals surface area (Å²) in [6.07, 6.45) is -0.0556. The first-order valence-electron chi connectivity index (χ1n) is 9.27. The summed E-state index contributed by atoms with van der Waals surface area (Å²) in [5.41, 5.74) is 1.98. The highest BCUT2D eigenvalue weighted by molar-refractivity contribution is 7.92. The lowest BCUT2D eigenvalue weighted by Gasteiger charge is -2.37. The number of sulfonamides is 1. The Hall–Kier alpha value is -3.52. The Labute approximate surface area is 173 Å². The average Bonchev–Trinajstić information content (AvgIpc) is 2.74. The highest BCUT2D eigenvalue weighted by Crippen LogP contribution is 2.42. The van der Waals surface area contributed by atoms with E-state index in [2.05, 4.69) is 0 Å². The van der Waals surface area contributed by atoms with Crippen molar-refractivity contribution in [2.75, 3.05) is 4.31 Å². The van der Waals surface area contributed by atoms with Crippen molar-refractivity contribution in [1.82, 2.24) is 0 Å². The number of ketones is 1. The Kier molecular flexibility index (Phi) is 4.87. The predicted octanol–water partition coefficient (Wildman–Crippen LogP) is 4.43. The fourth-order valence-electron chi connectivity index (χ4n) is 3.63. The third-order valence-corrected chi connectivity index (χ3v) is 7.01. The van der Waals surface area contributed by atoms with Crippen molar-refractivity contribution in [3.05, 3.63) is 99.6 Å². The number of rotatable bonds is 4. The van der Waals surface area contributed by atoms with Gasteiger partial charge in [0.25, 0.3) is 15.7 Å². The van der Waals surface area contributed by atoms with Crippen molar-refractivity contribution in [1.29, 1.82) is 0 Å². The topological polar surface area (TPSA) is 97.6 Å². The lowest BCUT2D eigenvalue weighted by atomic mass is 9.92. The van der Waals surface area contributed by atoms with Gasteiger partial charge in [0.1, 0.15) is 0 Å². The van der Waals surface area contributed by atoms with E-state index in [1.54, 1.807) is 36.4 Å². The van der Waals surface area contributed by atoms with Crippen molar-refractivity contribution in [2.24, 2.45) is 0 Å². The minimum atomic E-state index is -3.99. The van der Waals surface area contributed by atoms with Crippen molar-refractivity contribution < 1.29 is 18.1 Å². The van der Waals surface area contributed by atoms with Crippen LogP contribution in [0.15, 0.2) is 77.7 Å². The van der Waals surface area contributed by atoms with Crippen molar-refractivity contribution >= 4 is 27.2 Å². The number of carbonyl (C=O) groups is 1. The zero-order valence-electron chi connectivity index (χ0n) is 16.1. The summed E-state index contributed by atoms with van der Waals surface area (Å²) in [5.74, 6) is -0.177. The Balaban J connectivity index is 1.89. The molecule has 1 unspecified atom stereocenters. The van der Waals surface area contributed by atoms with Crippen LogP contribution in [0.5, 0.6) is 0 Å². The number of aryl methyl sites for hydroxylation is 1. The molecule has 4 rings (SSSR count). The zero-order valence-corrected chi connectivity index (χ0v) is 16.9. The van der Waals surface area contributed by atoms with Crippen LogP contribution in [0.1, 0.15) is 33.9 Å². The summed E-state index contributed by atoms with van der Waals surface area (Å²) in [4.78, 5) is 23.3. The Morgan fingerprint density at radius 1 is 0.967 bits per heavy atom. The summed E-state index contributed by atoms with van der Waals surface area (Å²) < 4.78 is 28.5. The first-order valence-corrected chi connectivity index (χ1v) is 10.7. The molecular formula is C22H18N2O5S. The lowest BCUT2D eigenvalue weighted by Crippen LogP contribution is -2.40. The lowest BCUT2D eigenvalue weighted by molar-refractivity contribution is -0.384. The molecule has 0 aromatic heterocycles. The molecule has 1 heterocycles. The summed E-state index contributed by atoms with van der Waals surface area (Å²) in [6, 6.07) is 17.9. The Morgan fingerprint density at radius 3 is 2.23 bits per heavy atom. The van der Waals surface area contributed by atoms with E-state index < -0.39 is 21.0 Å². The maximum Gasteiger partial charge on any atom is 0.269 e. The van der Waals surface area contributed by atoms with Crippen LogP contribution >= 0.6 is 0 Å². The minimum Gasteiger partial charge on any atom is -0.294 e. The van der Waals surface area contributed by atoms with Gasteiger partial charge >= 0.3 is 0 Å². The van der Waals surface area contributed by atoms with Crippen LogP contribution in [-0.4, -0.2) is 19.1 Å². The molecule has 0 amide bonds. The third-order valence-electron chi connectivity index (χ3n) is 5.17. The van der Waals surface area contributed by atoms with E-state index in [0.29, 0.717) is 16.8 Å². The number of Topliss-reactive ketones (excluding diaryl/α,β-unsaturated/α-hetero) is 1. The van der Waals surface area contributed by atoms with Crippen LogP contribution in [0.4, 0.5) is 11.4 Å². The monoisotopic (exact) mass is 422 g/mol. The van der Waals surface area contributed by atoms with Gasteiger partial charge in [-0.1, -0.05) is 42.0 Å². The number of hydrogen-bond acceptors (Lipinski definition) is 5. The summed E-state index contributed by atoms with van der Waals surface area (Å²) >= 11 is 0. The maximum atomic E-state index is 13.6. The predicted molar refractivity (Wildman–Crippen MR) is 112 cm³/mol. The molecule has 0 fully saturated rings. The molecule has 8 heteroatoms. The molecule has 0 bridgehead atoms. The van der Waals surface area contributed by atoms with E-state index in [-0.39, 0.29) is 22.8 Å². The van der Waals surface area contributed by atoms with Gasteiger partial charge in [-0.25, -0.2) is 8.42 Å². The number of carbonyl (C=O) groups excluding carboxylic acids is 1. The molecule has 3 aromatic rings. The smallest absolute Gasteiger partial charge is 0.269 e. The molecule has 1 aliphatic heterocycles. The molecule has 0 spiro atoms. The van der Waals surface area contributed by atoms with Crippen LogP contribution in [0.25, 0.3) is 0 Å². The molecule has 1 aliphatic rings. The number of nitro benzene ring substituents is 1. The van der Waals surface area contributed by atoms with Gasteiger partial charge < -0.3 is 0 Å².